The molecule has 1 aromatic heterocycles. The van der Waals surface area contributed by atoms with Gasteiger partial charge in [0, 0.05) is 5.38 Å². The predicted octanol–water partition coefficient (Wildman–Crippen LogP) is 2.04. The minimum absolute atomic E-state index is 0.137. The average Bonchev–Trinajstić information content (AvgIpc) is 2.90. The first-order chi connectivity index (χ1) is 9.44. The number of thiophene rings is 1. The third kappa shape index (κ3) is 2.91. The molecule has 0 fully saturated rings. The molecule has 0 radical (unpaired) electrons. The maximum atomic E-state index is 12.1. The molecule has 0 atom stereocenters. The van der Waals surface area contributed by atoms with Crippen LogP contribution in [0.2, 0.25) is 0 Å². The van der Waals surface area contributed by atoms with Gasteiger partial charge in [-0.3, -0.25) is 4.72 Å². The largest absolute Gasteiger partial charge is 0.507 e. The standard InChI is InChI=1S/C12H11NO5S2/c1-18-12(15)10-6-9(2-3-11(10)14)20(16,17)13-8-4-5-19-7-8/h2-7,13-14H,1H3. The molecule has 0 unspecified atom stereocenters. The Labute approximate surface area is 119 Å². The molecule has 0 saturated carbocycles. The van der Waals surface area contributed by atoms with E-state index in [1.165, 1.54) is 17.4 Å². The van der Waals surface area contributed by atoms with Gasteiger partial charge in [-0.15, -0.1) is 0 Å². The number of benzene rings is 1. The lowest BCUT2D eigenvalue weighted by atomic mass is 10.2. The van der Waals surface area contributed by atoms with Gasteiger partial charge in [-0.2, -0.15) is 11.3 Å². The molecule has 1 aromatic carbocycles. The van der Waals surface area contributed by atoms with Crippen LogP contribution in [0.15, 0.2) is 39.9 Å². The quantitative estimate of drug-likeness (QED) is 0.843. The average molecular weight is 313 g/mol. The molecular weight excluding hydrogens is 302 g/mol. The highest BCUT2D eigenvalue weighted by molar-refractivity contribution is 7.92. The van der Waals surface area contributed by atoms with E-state index < -0.39 is 16.0 Å². The highest BCUT2D eigenvalue weighted by atomic mass is 32.2. The molecule has 2 aromatic rings. The second kappa shape index (κ2) is 5.51. The third-order valence-corrected chi connectivity index (χ3v) is 4.52. The second-order valence-corrected chi connectivity index (χ2v) is 6.25. The number of nitrogens with one attached hydrogen (secondary N) is 1. The van der Waals surface area contributed by atoms with Crippen LogP contribution >= 0.6 is 11.3 Å². The summed E-state index contributed by atoms with van der Waals surface area (Å²) in [6, 6.07) is 5.02. The minimum Gasteiger partial charge on any atom is -0.507 e. The Morgan fingerprint density at radius 3 is 2.70 bits per heavy atom. The zero-order valence-electron chi connectivity index (χ0n) is 10.4. The Hall–Kier alpha value is -2.06. The summed E-state index contributed by atoms with van der Waals surface area (Å²) >= 11 is 1.35. The van der Waals surface area contributed by atoms with Crippen LogP contribution in [0.3, 0.4) is 0 Å². The van der Waals surface area contributed by atoms with E-state index >= 15 is 0 Å². The maximum absolute atomic E-state index is 12.1. The topological polar surface area (TPSA) is 92.7 Å². The summed E-state index contributed by atoms with van der Waals surface area (Å²) in [4.78, 5) is 11.3. The van der Waals surface area contributed by atoms with Crippen molar-refractivity contribution < 1.29 is 23.1 Å². The van der Waals surface area contributed by atoms with Gasteiger partial charge in [0.2, 0.25) is 0 Å². The number of ether oxygens (including phenoxy) is 1. The summed E-state index contributed by atoms with van der Waals surface area (Å²) in [6.07, 6.45) is 0. The molecule has 6 nitrogen and oxygen atoms in total. The molecule has 0 aliphatic carbocycles. The lowest BCUT2D eigenvalue weighted by molar-refractivity contribution is 0.0597. The summed E-state index contributed by atoms with van der Waals surface area (Å²) in [5.74, 6) is -1.15. The van der Waals surface area contributed by atoms with Crippen molar-refractivity contribution >= 4 is 33.0 Å². The summed E-state index contributed by atoms with van der Waals surface area (Å²) < 4.78 is 31.1. The van der Waals surface area contributed by atoms with Gasteiger partial charge in [0.15, 0.2) is 0 Å². The molecule has 0 spiro atoms. The molecule has 20 heavy (non-hydrogen) atoms. The first kappa shape index (κ1) is 14.4. The molecule has 2 rings (SSSR count). The van der Waals surface area contributed by atoms with Crippen molar-refractivity contribution in [1.82, 2.24) is 0 Å². The van der Waals surface area contributed by atoms with E-state index in [-0.39, 0.29) is 16.2 Å². The van der Waals surface area contributed by atoms with Gasteiger partial charge in [-0.25, -0.2) is 13.2 Å². The molecule has 0 aliphatic rings. The van der Waals surface area contributed by atoms with Crippen LogP contribution in [0, 0.1) is 0 Å². The molecule has 2 N–H and O–H groups in total. The SMILES string of the molecule is COC(=O)c1cc(S(=O)(=O)Nc2ccsc2)ccc1O. The van der Waals surface area contributed by atoms with Gasteiger partial charge >= 0.3 is 5.97 Å². The number of carbonyl (C=O) groups excluding carboxylic acids is 1. The fourth-order valence-electron chi connectivity index (χ4n) is 1.49. The molecule has 106 valence electrons. The Morgan fingerprint density at radius 2 is 2.10 bits per heavy atom. The van der Waals surface area contributed by atoms with Crippen molar-refractivity contribution in [2.24, 2.45) is 0 Å². The molecule has 0 amide bonds. The number of phenolic OH excluding ortho intramolecular Hbond substituents is 1. The van der Waals surface area contributed by atoms with Gasteiger partial charge in [-0.1, -0.05) is 0 Å². The van der Waals surface area contributed by atoms with Gasteiger partial charge in [0.05, 0.1) is 17.7 Å². The van der Waals surface area contributed by atoms with E-state index in [0.717, 1.165) is 19.2 Å². The Kier molecular flexibility index (Phi) is 3.96. The number of hydrogen-bond donors (Lipinski definition) is 2. The van der Waals surface area contributed by atoms with E-state index in [0.29, 0.717) is 5.69 Å². The van der Waals surface area contributed by atoms with Crippen LogP contribution in [-0.2, 0) is 14.8 Å². The minimum atomic E-state index is -3.83. The Balaban J connectivity index is 2.40. The fraction of sp³-hybridized carbons (Fsp3) is 0.0833. The smallest absolute Gasteiger partial charge is 0.341 e. The van der Waals surface area contributed by atoms with Crippen LogP contribution in [0.5, 0.6) is 5.75 Å². The zero-order chi connectivity index (χ0) is 14.8. The second-order valence-electron chi connectivity index (χ2n) is 3.79. The number of anilines is 1. The molecular formula is C12H11NO5S2. The normalized spacial score (nSPS) is 11.1. The number of phenols is 1. The number of rotatable bonds is 4. The van der Waals surface area contributed by atoms with Crippen molar-refractivity contribution in [3.8, 4) is 5.75 Å². The number of esters is 1. The highest BCUT2D eigenvalue weighted by Gasteiger charge is 2.19. The molecule has 0 saturated heterocycles. The third-order valence-electron chi connectivity index (χ3n) is 2.46. The van der Waals surface area contributed by atoms with Crippen molar-refractivity contribution in [2.45, 2.75) is 4.90 Å². The van der Waals surface area contributed by atoms with Gasteiger partial charge in [0.25, 0.3) is 10.0 Å². The van der Waals surface area contributed by atoms with Gasteiger partial charge < -0.3 is 9.84 Å². The number of carbonyl (C=O) groups is 1. The van der Waals surface area contributed by atoms with Crippen LogP contribution < -0.4 is 4.72 Å². The van der Waals surface area contributed by atoms with E-state index in [1.807, 2.05) is 0 Å². The first-order valence-corrected chi connectivity index (χ1v) is 7.83. The molecule has 1 heterocycles. The van der Waals surface area contributed by atoms with Gasteiger partial charge in [0.1, 0.15) is 11.3 Å². The van der Waals surface area contributed by atoms with Crippen LogP contribution in [0.4, 0.5) is 5.69 Å². The lowest BCUT2D eigenvalue weighted by Gasteiger charge is -2.08. The zero-order valence-corrected chi connectivity index (χ0v) is 12.0. The van der Waals surface area contributed by atoms with Crippen molar-refractivity contribution in [3.05, 3.63) is 40.6 Å². The van der Waals surface area contributed by atoms with Gasteiger partial charge in [-0.05, 0) is 29.6 Å². The fourth-order valence-corrected chi connectivity index (χ4v) is 3.23. The summed E-state index contributed by atoms with van der Waals surface area (Å²) in [6.45, 7) is 0. The van der Waals surface area contributed by atoms with Crippen LogP contribution in [-0.4, -0.2) is 26.6 Å². The van der Waals surface area contributed by atoms with E-state index in [4.69, 9.17) is 0 Å². The van der Waals surface area contributed by atoms with Crippen molar-refractivity contribution in [2.75, 3.05) is 11.8 Å². The number of aromatic hydroxyl groups is 1. The monoisotopic (exact) mass is 313 g/mol. The highest BCUT2D eigenvalue weighted by Crippen LogP contribution is 2.24. The Morgan fingerprint density at radius 1 is 1.35 bits per heavy atom. The van der Waals surface area contributed by atoms with E-state index in [1.54, 1.807) is 16.8 Å². The van der Waals surface area contributed by atoms with Crippen LogP contribution in [0.1, 0.15) is 10.4 Å². The number of sulfonamides is 1. The van der Waals surface area contributed by atoms with E-state index in [9.17, 15) is 18.3 Å². The Bertz CT molecular complexity index is 722. The molecule has 0 bridgehead atoms. The van der Waals surface area contributed by atoms with Crippen molar-refractivity contribution in [3.63, 3.8) is 0 Å². The lowest BCUT2D eigenvalue weighted by Crippen LogP contribution is -2.13. The van der Waals surface area contributed by atoms with E-state index in [2.05, 4.69) is 9.46 Å². The summed E-state index contributed by atoms with van der Waals surface area (Å²) in [5, 5.41) is 12.9. The summed E-state index contributed by atoms with van der Waals surface area (Å²) in [7, 11) is -2.68. The number of methoxy groups -OCH3 is 1. The summed E-state index contributed by atoms with van der Waals surface area (Å²) in [5.41, 5.74) is 0.225. The maximum Gasteiger partial charge on any atom is 0.341 e. The first-order valence-electron chi connectivity index (χ1n) is 5.40. The van der Waals surface area contributed by atoms with Crippen molar-refractivity contribution in [1.29, 1.82) is 0 Å². The van der Waals surface area contributed by atoms with Crippen LogP contribution in [0.25, 0.3) is 0 Å². The number of hydrogen-bond acceptors (Lipinski definition) is 6. The molecule has 8 heteroatoms. The predicted molar refractivity (Wildman–Crippen MR) is 74.6 cm³/mol. The molecule has 0 aliphatic heterocycles.